The zero-order valence-electron chi connectivity index (χ0n) is 2.16. The van der Waals surface area contributed by atoms with Gasteiger partial charge in [0.1, 0.15) is 0 Å². The van der Waals surface area contributed by atoms with E-state index in [9.17, 15) is 0 Å². The maximum absolute atomic E-state index is 0. The van der Waals surface area contributed by atoms with Gasteiger partial charge in [0.05, 0.1) is 0 Å². The summed E-state index contributed by atoms with van der Waals surface area (Å²) in [5.41, 5.74) is 0. The summed E-state index contributed by atoms with van der Waals surface area (Å²) < 4.78 is 0. The Morgan fingerprint density at radius 1 is 0.800 bits per heavy atom. The van der Waals surface area contributed by atoms with E-state index in [4.69, 9.17) is 0 Å². The molecular weight excluding hydrogens is 283 g/mol. The maximum atomic E-state index is 0. The second kappa shape index (κ2) is 42.1. The fraction of sp³-hybridized carbons (Fsp3) is 0. The van der Waals surface area contributed by atoms with Crippen LogP contribution in [-0.4, -0.2) is 5.48 Å². The Kier molecular flexibility index (Phi) is 608. The van der Waals surface area contributed by atoms with Gasteiger partial charge in [0.2, 0.25) is 0 Å². The summed E-state index contributed by atoms with van der Waals surface area (Å²) in [4.78, 5) is 0. The second-order valence-electron chi connectivity index (χ2n) is 0. The Labute approximate surface area is 70.6 Å². The van der Waals surface area contributed by atoms with E-state index >= 15 is 0 Å². The Morgan fingerprint density at radius 2 is 0.800 bits per heavy atom. The van der Waals surface area contributed by atoms with E-state index < -0.39 is 0 Å². The van der Waals surface area contributed by atoms with Crippen molar-refractivity contribution in [2.75, 3.05) is 0 Å². The third kappa shape index (κ3) is 26.3. The molecule has 0 aromatic heterocycles. The van der Waals surface area contributed by atoms with Crippen molar-refractivity contribution in [1.82, 2.24) is 0 Å². The minimum Gasteiger partial charge on any atom is -2.00 e. The van der Waals surface area contributed by atoms with Gasteiger partial charge >= 0.3 is 26.2 Å². The normalized spacial score (nSPS) is 0. The molecule has 2 nitrogen and oxygen atoms in total. The van der Waals surface area contributed by atoms with Gasteiger partial charge in [0, 0.05) is 0 Å². The first-order valence-corrected chi connectivity index (χ1v) is 0. The molecule has 0 aliphatic rings. The van der Waals surface area contributed by atoms with Gasteiger partial charge in [-0.25, -0.2) is 0 Å². The van der Waals surface area contributed by atoms with Gasteiger partial charge in [-0.2, -0.15) is 0 Å². The number of rotatable bonds is 0. The molecule has 0 amide bonds. The van der Waals surface area contributed by atoms with Gasteiger partial charge in [-0.1, -0.05) is 0 Å². The predicted molar refractivity (Wildman–Crippen MR) is 4.30 cm³/mol. The van der Waals surface area contributed by atoms with Crippen molar-refractivity contribution in [3.05, 3.63) is 0 Å². The van der Waals surface area contributed by atoms with E-state index in [1.807, 2.05) is 0 Å². The van der Waals surface area contributed by atoms with Crippen LogP contribution >= 0.6 is 0 Å². The van der Waals surface area contributed by atoms with Crippen molar-refractivity contribution >= 4 is 0 Å². The van der Waals surface area contributed by atoms with Gasteiger partial charge in [0.25, 0.3) is 0 Å². The quantitative estimate of drug-likeness (QED) is 0.425. The Hall–Kier alpha value is 1.76. The molecule has 0 aliphatic carbocycles. The number of halogens is 2. The van der Waals surface area contributed by atoms with Crippen LogP contribution in [0.3, 0.4) is 0 Å². The van der Waals surface area contributed by atoms with Crippen LogP contribution in [-0.2, 0) is 31.7 Å². The zero-order valence-corrected chi connectivity index (χ0v) is 7.79. The van der Waals surface area contributed by atoms with Crippen molar-refractivity contribution < 1.29 is 71.1 Å². The molecule has 0 aromatic rings. The van der Waals surface area contributed by atoms with Crippen LogP contribution in [0, 0.1) is 0 Å². The molecule has 0 aliphatic heterocycles. The summed E-state index contributed by atoms with van der Waals surface area (Å²) in [6, 6.07) is 0. The number of hydrogen-bond donors (Lipinski definition) is 0. The largest absolute Gasteiger partial charge is 4.00 e. The second-order valence-corrected chi connectivity index (χ2v) is 0. The third-order valence-electron chi connectivity index (χ3n) is 0. The fourth-order valence-electron chi connectivity index (χ4n) is 0. The summed E-state index contributed by atoms with van der Waals surface area (Å²) >= 11 is 0. The van der Waals surface area contributed by atoms with Crippen LogP contribution < -0.4 is 34.0 Å². The molecule has 0 spiro atoms. The van der Waals surface area contributed by atoms with Gasteiger partial charge in [-0.05, 0) is 0 Å². The molecule has 32 valence electrons. The van der Waals surface area contributed by atoms with Gasteiger partial charge in [-0.3, -0.25) is 0 Å². The van der Waals surface area contributed by atoms with Crippen LogP contribution in [0.4, 0.5) is 0 Å². The SMILES string of the molecule is O.[Br-].[Br-].[O-2].[Zr+4]. The minimum absolute atomic E-state index is 0. The van der Waals surface area contributed by atoms with Crippen molar-refractivity contribution in [2.24, 2.45) is 0 Å². The summed E-state index contributed by atoms with van der Waals surface area (Å²) in [5, 5.41) is 0. The molecule has 0 fully saturated rings. The van der Waals surface area contributed by atoms with Crippen LogP contribution in [0.25, 0.3) is 0 Å². The molecule has 0 atom stereocenters. The van der Waals surface area contributed by atoms with Crippen molar-refractivity contribution in [3.63, 3.8) is 0 Å². The Bertz CT molecular complexity index is 7.61. The molecule has 0 radical (unpaired) electrons. The molecular formula is H2Br2O2Zr. The van der Waals surface area contributed by atoms with Crippen LogP contribution in [0.15, 0.2) is 0 Å². The average molecular weight is 285 g/mol. The molecule has 5 heavy (non-hydrogen) atoms. The molecule has 0 bridgehead atoms. The third-order valence-corrected chi connectivity index (χ3v) is 0. The van der Waals surface area contributed by atoms with E-state index in [1.165, 1.54) is 0 Å². The first-order chi connectivity index (χ1) is 0. The molecule has 2 N–H and O–H groups in total. The van der Waals surface area contributed by atoms with E-state index in [-0.39, 0.29) is 71.1 Å². The first-order valence-electron chi connectivity index (χ1n) is 0. The first kappa shape index (κ1) is 72.3. The molecule has 5 heteroatoms. The Morgan fingerprint density at radius 3 is 0.800 bits per heavy atom. The molecule has 0 saturated heterocycles. The fourth-order valence-corrected chi connectivity index (χ4v) is 0. The zero-order chi connectivity index (χ0) is 0. The standard InChI is InChI=1S/2BrH.H2O.O.Zr/h2*1H;1H2;;/q;;;-2;+4/p-2. The van der Waals surface area contributed by atoms with Crippen LogP contribution in [0.2, 0.25) is 0 Å². The summed E-state index contributed by atoms with van der Waals surface area (Å²) in [6.07, 6.45) is 0. The molecule has 0 aromatic carbocycles. The van der Waals surface area contributed by atoms with E-state index in [0.29, 0.717) is 0 Å². The summed E-state index contributed by atoms with van der Waals surface area (Å²) in [5.74, 6) is 0. The van der Waals surface area contributed by atoms with E-state index in [0.717, 1.165) is 0 Å². The topological polar surface area (TPSA) is 60.0 Å². The van der Waals surface area contributed by atoms with Crippen molar-refractivity contribution in [1.29, 1.82) is 0 Å². The van der Waals surface area contributed by atoms with E-state index in [2.05, 4.69) is 0 Å². The van der Waals surface area contributed by atoms with Crippen LogP contribution in [0.5, 0.6) is 0 Å². The Balaban J connectivity index is 0. The van der Waals surface area contributed by atoms with Gasteiger partial charge in [0.15, 0.2) is 0 Å². The van der Waals surface area contributed by atoms with Gasteiger partial charge < -0.3 is 44.9 Å². The van der Waals surface area contributed by atoms with Crippen molar-refractivity contribution in [3.8, 4) is 0 Å². The molecule has 0 heterocycles. The molecule has 0 saturated carbocycles. The number of hydrogen-bond acceptors (Lipinski definition) is 0. The predicted octanol–water partition coefficient (Wildman–Crippen LogP) is -6.94. The smallest absolute Gasteiger partial charge is 2.00 e. The van der Waals surface area contributed by atoms with Gasteiger partial charge in [-0.15, -0.1) is 0 Å². The summed E-state index contributed by atoms with van der Waals surface area (Å²) in [6.45, 7) is 0. The monoisotopic (exact) mass is 282 g/mol. The minimum atomic E-state index is 0. The summed E-state index contributed by atoms with van der Waals surface area (Å²) in [7, 11) is 0. The maximum Gasteiger partial charge on any atom is 4.00 e. The van der Waals surface area contributed by atoms with E-state index in [1.54, 1.807) is 0 Å². The molecule has 0 unspecified atom stereocenters. The van der Waals surface area contributed by atoms with Crippen molar-refractivity contribution in [2.45, 2.75) is 0 Å². The molecule has 0 rings (SSSR count). The van der Waals surface area contributed by atoms with Crippen LogP contribution in [0.1, 0.15) is 0 Å². The average Bonchev–Trinajstić information content (AvgIpc) is 0.